The third-order valence-electron chi connectivity index (χ3n) is 4.12. The zero-order chi connectivity index (χ0) is 20.1. The summed E-state index contributed by atoms with van der Waals surface area (Å²) in [6.07, 6.45) is -0.834. The Morgan fingerprint density at radius 2 is 1.96 bits per heavy atom. The molecule has 0 saturated heterocycles. The van der Waals surface area contributed by atoms with E-state index in [-0.39, 0.29) is 5.78 Å². The van der Waals surface area contributed by atoms with Crippen molar-refractivity contribution in [3.8, 4) is 17.6 Å². The molecule has 7 nitrogen and oxygen atoms in total. The zero-order valence-electron chi connectivity index (χ0n) is 16.0. The van der Waals surface area contributed by atoms with Crippen LogP contribution in [0, 0.1) is 25.2 Å². The highest BCUT2D eigenvalue weighted by Crippen LogP contribution is 2.30. The molecule has 1 aromatic heterocycles. The number of nitrogens with one attached hydrogen (secondary N) is 1. The van der Waals surface area contributed by atoms with E-state index in [1.54, 1.807) is 39.0 Å². The van der Waals surface area contributed by atoms with E-state index < -0.39 is 12.1 Å². The molecule has 0 unspecified atom stereocenters. The number of aryl methyl sites for hydroxylation is 1. The van der Waals surface area contributed by atoms with E-state index in [2.05, 4.69) is 4.98 Å². The molecule has 0 aliphatic heterocycles. The molecule has 0 aliphatic carbocycles. The summed E-state index contributed by atoms with van der Waals surface area (Å²) < 4.78 is 16.1. The van der Waals surface area contributed by atoms with Crippen LogP contribution in [-0.4, -0.2) is 36.6 Å². The summed E-state index contributed by atoms with van der Waals surface area (Å²) in [6, 6.07) is 6.79. The number of hydrogen-bond donors (Lipinski definition) is 1. The summed E-state index contributed by atoms with van der Waals surface area (Å²) >= 11 is 0. The lowest BCUT2D eigenvalue weighted by molar-refractivity contribution is 0.0599. The predicted octanol–water partition coefficient (Wildman–Crippen LogP) is 3.34. The summed E-state index contributed by atoms with van der Waals surface area (Å²) in [7, 11) is 1.29. The average molecular weight is 370 g/mol. The zero-order valence-corrected chi connectivity index (χ0v) is 16.0. The first-order chi connectivity index (χ1) is 12.8. The molecule has 1 aromatic carbocycles. The van der Waals surface area contributed by atoms with Gasteiger partial charge in [0.25, 0.3) is 0 Å². The molecule has 1 N–H and O–H groups in total. The van der Waals surface area contributed by atoms with E-state index in [0.717, 1.165) is 0 Å². The number of hydrogen-bond acceptors (Lipinski definition) is 6. The molecular formula is C20H22N2O5. The SMILES string of the molecule is CCOc1cc(C#N)ccc1O[C@@H](C)C(=O)c1[nH]c(C)c(C(=O)OC)c1C. The highest BCUT2D eigenvalue weighted by atomic mass is 16.5. The number of esters is 1. The maximum absolute atomic E-state index is 12.8. The number of ketones is 1. The van der Waals surface area contributed by atoms with E-state index >= 15 is 0 Å². The van der Waals surface area contributed by atoms with Gasteiger partial charge in [-0.2, -0.15) is 5.26 Å². The minimum Gasteiger partial charge on any atom is -0.490 e. The van der Waals surface area contributed by atoms with Crippen LogP contribution < -0.4 is 9.47 Å². The highest BCUT2D eigenvalue weighted by Gasteiger charge is 2.27. The second-order valence-corrected chi connectivity index (χ2v) is 5.95. The van der Waals surface area contributed by atoms with Crippen molar-refractivity contribution in [2.24, 2.45) is 0 Å². The number of aromatic amines is 1. The monoisotopic (exact) mass is 370 g/mol. The highest BCUT2D eigenvalue weighted by molar-refractivity contribution is 6.03. The average Bonchev–Trinajstić information content (AvgIpc) is 2.96. The van der Waals surface area contributed by atoms with Crippen LogP contribution in [-0.2, 0) is 4.74 Å². The van der Waals surface area contributed by atoms with E-state index in [0.29, 0.717) is 46.2 Å². The van der Waals surface area contributed by atoms with Gasteiger partial charge in [0.1, 0.15) is 0 Å². The smallest absolute Gasteiger partial charge is 0.339 e. The van der Waals surface area contributed by atoms with Gasteiger partial charge in [-0.15, -0.1) is 0 Å². The third kappa shape index (κ3) is 4.11. The summed E-state index contributed by atoms with van der Waals surface area (Å²) in [6.45, 7) is 7.21. The van der Waals surface area contributed by atoms with Crippen LogP contribution in [0.4, 0.5) is 0 Å². The maximum atomic E-state index is 12.8. The first kappa shape index (κ1) is 20.0. The van der Waals surface area contributed by atoms with E-state index in [4.69, 9.17) is 19.5 Å². The van der Waals surface area contributed by atoms with Gasteiger partial charge in [0, 0.05) is 11.8 Å². The normalized spacial score (nSPS) is 11.4. The van der Waals surface area contributed by atoms with Crippen molar-refractivity contribution in [3.63, 3.8) is 0 Å². The minimum atomic E-state index is -0.834. The number of nitrogens with zero attached hydrogens (tertiary/aromatic N) is 1. The first-order valence-corrected chi connectivity index (χ1v) is 8.49. The topological polar surface area (TPSA) is 101 Å². The fourth-order valence-corrected chi connectivity index (χ4v) is 2.80. The second-order valence-electron chi connectivity index (χ2n) is 5.95. The number of carbonyl (C=O) groups excluding carboxylic acids is 2. The number of nitriles is 1. The number of aromatic nitrogens is 1. The van der Waals surface area contributed by atoms with Gasteiger partial charge in [-0.25, -0.2) is 4.79 Å². The van der Waals surface area contributed by atoms with Crippen molar-refractivity contribution >= 4 is 11.8 Å². The fraction of sp³-hybridized carbons (Fsp3) is 0.350. The lowest BCUT2D eigenvalue weighted by Gasteiger charge is -2.17. The van der Waals surface area contributed by atoms with Gasteiger partial charge < -0.3 is 19.2 Å². The van der Waals surface area contributed by atoms with Crippen LogP contribution in [0.5, 0.6) is 11.5 Å². The van der Waals surface area contributed by atoms with Crippen LogP contribution in [0.25, 0.3) is 0 Å². The van der Waals surface area contributed by atoms with Gasteiger partial charge in [0.2, 0.25) is 5.78 Å². The lowest BCUT2D eigenvalue weighted by atomic mass is 10.1. The Balaban J connectivity index is 2.29. The van der Waals surface area contributed by atoms with Gasteiger partial charge >= 0.3 is 5.97 Å². The van der Waals surface area contributed by atoms with Gasteiger partial charge in [-0.1, -0.05) is 0 Å². The van der Waals surface area contributed by atoms with Crippen LogP contribution >= 0.6 is 0 Å². The second kappa shape index (κ2) is 8.41. The van der Waals surface area contributed by atoms with E-state index in [1.165, 1.54) is 7.11 Å². The molecule has 0 amide bonds. The Bertz CT molecular complexity index is 908. The van der Waals surface area contributed by atoms with Gasteiger partial charge in [0.15, 0.2) is 17.6 Å². The van der Waals surface area contributed by atoms with Gasteiger partial charge in [0.05, 0.1) is 36.6 Å². The summed E-state index contributed by atoms with van der Waals surface area (Å²) in [5.41, 5.74) is 2.16. The molecule has 27 heavy (non-hydrogen) atoms. The quantitative estimate of drug-likeness (QED) is 0.592. The molecule has 0 saturated carbocycles. The fourth-order valence-electron chi connectivity index (χ4n) is 2.80. The molecule has 2 rings (SSSR count). The Morgan fingerprint density at radius 1 is 1.26 bits per heavy atom. The molecule has 0 radical (unpaired) electrons. The van der Waals surface area contributed by atoms with Crippen molar-refractivity contribution in [2.45, 2.75) is 33.8 Å². The van der Waals surface area contributed by atoms with Crippen molar-refractivity contribution in [1.29, 1.82) is 5.26 Å². The standard InChI is InChI=1S/C20H22N2O5/c1-6-26-16-9-14(10-21)7-8-15(16)27-13(4)19(23)18-11(2)17(12(3)22-18)20(24)25-5/h7-9,13,22H,6H2,1-5H3/t13-/m0/s1. The Hall–Kier alpha value is -3.27. The lowest BCUT2D eigenvalue weighted by Crippen LogP contribution is -2.25. The molecule has 142 valence electrons. The summed E-state index contributed by atoms with van der Waals surface area (Å²) in [5.74, 6) is -0.0474. The Kier molecular flexibility index (Phi) is 6.24. The third-order valence-corrected chi connectivity index (χ3v) is 4.12. The predicted molar refractivity (Wildman–Crippen MR) is 98.4 cm³/mol. The van der Waals surface area contributed by atoms with Crippen molar-refractivity contribution in [3.05, 3.63) is 46.3 Å². The van der Waals surface area contributed by atoms with Crippen molar-refractivity contribution in [2.75, 3.05) is 13.7 Å². The molecule has 7 heteroatoms. The maximum Gasteiger partial charge on any atom is 0.339 e. The van der Waals surface area contributed by atoms with E-state index in [9.17, 15) is 9.59 Å². The number of methoxy groups -OCH3 is 1. The molecule has 0 spiro atoms. The number of benzene rings is 1. The largest absolute Gasteiger partial charge is 0.490 e. The number of rotatable bonds is 7. The number of H-pyrrole nitrogens is 1. The summed E-state index contributed by atoms with van der Waals surface area (Å²) in [4.78, 5) is 27.7. The molecule has 1 atom stereocenters. The molecule has 0 fully saturated rings. The first-order valence-electron chi connectivity index (χ1n) is 8.49. The van der Waals surface area contributed by atoms with Crippen LogP contribution in [0.3, 0.4) is 0 Å². The molecular weight excluding hydrogens is 348 g/mol. The minimum absolute atomic E-state index is 0.298. The molecule has 0 bridgehead atoms. The molecule has 2 aromatic rings. The number of ether oxygens (including phenoxy) is 3. The number of Topliss-reactive ketones (excluding diaryl/α,β-unsaturated/α-hetero) is 1. The Labute approximate surface area is 157 Å². The molecule has 0 aliphatic rings. The van der Waals surface area contributed by atoms with Gasteiger partial charge in [-0.05, 0) is 45.4 Å². The van der Waals surface area contributed by atoms with Crippen LogP contribution in [0.1, 0.15) is 51.5 Å². The number of carbonyl (C=O) groups is 2. The van der Waals surface area contributed by atoms with E-state index in [1.807, 2.05) is 13.0 Å². The van der Waals surface area contributed by atoms with Crippen LogP contribution in [0.15, 0.2) is 18.2 Å². The van der Waals surface area contributed by atoms with Gasteiger partial charge in [-0.3, -0.25) is 4.79 Å². The van der Waals surface area contributed by atoms with Crippen molar-refractivity contribution in [1.82, 2.24) is 4.98 Å². The Morgan fingerprint density at radius 3 is 2.56 bits per heavy atom. The van der Waals surface area contributed by atoms with Crippen LogP contribution in [0.2, 0.25) is 0 Å². The van der Waals surface area contributed by atoms with Crippen molar-refractivity contribution < 1.29 is 23.8 Å². The summed E-state index contributed by atoms with van der Waals surface area (Å²) in [5, 5.41) is 9.02. The molecule has 1 heterocycles.